The number of nitrogens with two attached hydrogens (primary N) is 2. The predicted octanol–water partition coefficient (Wildman–Crippen LogP) is 2.00. The minimum atomic E-state index is -0.400. The van der Waals surface area contributed by atoms with Crippen LogP contribution in [0.2, 0.25) is 0 Å². The van der Waals surface area contributed by atoms with E-state index in [4.69, 9.17) is 17.9 Å². The molecular weight excluding hydrogens is 230 g/mol. The lowest BCUT2D eigenvalue weighted by atomic mass is 9.89. The maximum atomic E-state index is 6.45. The van der Waals surface area contributed by atoms with Crippen molar-refractivity contribution in [2.75, 3.05) is 5.73 Å². The van der Waals surface area contributed by atoms with Gasteiger partial charge in [0.05, 0.1) is 15.8 Å². The molecule has 86 valence electrons. The summed E-state index contributed by atoms with van der Waals surface area (Å²) in [6.45, 7) is 0. The van der Waals surface area contributed by atoms with Crippen molar-refractivity contribution >= 4 is 26.7 Å². The van der Waals surface area contributed by atoms with Crippen LogP contribution in [0.5, 0.6) is 0 Å². The first kappa shape index (κ1) is 10.6. The average molecular weight is 243 g/mol. The van der Waals surface area contributed by atoms with Crippen LogP contribution >= 0.6 is 11.3 Å². The van der Waals surface area contributed by atoms with E-state index in [0.717, 1.165) is 23.1 Å². The molecule has 1 aliphatic carbocycles. The van der Waals surface area contributed by atoms with Gasteiger partial charge in [0.25, 0.3) is 0 Å². The Kier molecular flexibility index (Phi) is 2.15. The smallest absolute Gasteiger partial charge is 0.181 e. The van der Waals surface area contributed by atoms with Crippen LogP contribution < -0.4 is 11.5 Å². The molecule has 0 spiro atoms. The van der Waals surface area contributed by atoms with Gasteiger partial charge in [-0.2, -0.15) is 0 Å². The molecule has 0 saturated carbocycles. The second-order valence-electron chi connectivity index (χ2n) is 4.54. The summed E-state index contributed by atoms with van der Waals surface area (Å²) < 4.78 is 1.11. The van der Waals surface area contributed by atoms with Gasteiger partial charge < -0.3 is 11.5 Å². The maximum Gasteiger partial charge on any atom is 0.181 e. The molecule has 0 bridgehead atoms. The largest absolute Gasteiger partial charge is 0.375 e. The quantitative estimate of drug-likeness (QED) is 0.753. The van der Waals surface area contributed by atoms with Crippen LogP contribution in [0.3, 0.4) is 0 Å². The number of nitrogens with zero attached hydrogens (tertiary/aromatic N) is 1. The van der Waals surface area contributed by atoms with E-state index >= 15 is 0 Å². The molecule has 4 N–H and O–H groups in total. The third kappa shape index (κ3) is 1.43. The zero-order chi connectivity index (χ0) is 12.0. The van der Waals surface area contributed by atoms with E-state index in [-0.39, 0.29) is 0 Å². The van der Waals surface area contributed by atoms with Crippen LogP contribution in [0.1, 0.15) is 24.0 Å². The van der Waals surface area contributed by atoms with E-state index in [1.54, 1.807) is 0 Å². The highest BCUT2D eigenvalue weighted by Crippen LogP contribution is 2.43. The van der Waals surface area contributed by atoms with Gasteiger partial charge in [-0.1, -0.05) is 17.4 Å². The molecule has 0 amide bonds. The van der Waals surface area contributed by atoms with Gasteiger partial charge in [0.15, 0.2) is 5.13 Å². The summed E-state index contributed by atoms with van der Waals surface area (Å²) in [4.78, 5) is 4.31. The van der Waals surface area contributed by atoms with Crippen LogP contribution in [0.15, 0.2) is 12.1 Å². The number of benzene rings is 1. The second-order valence-corrected chi connectivity index (χ2v) is 5.57. The molecule has 0 aliphatic heterocycles. The third-order valence-corrected chi connectivity index (χ3v) is 4.33. The Morgan fingerprint density at radius 3 is 3.12 bits per heavy atom. The fraction of sp³-hybridized carbons (Fsp3) is 0.308. The van der Waals surface area contributed by atoms with Crippen LogP contribution in [0, 0.1) is 12.3 Å². The van der Waals surface area contributed by atoms with Crippen LogP contribution in [-0.4, -0.2) is 4.98 Å². The van der Waals surface area contributed by atoms with E-state index < -0.39 is 5.54 Å². The topological polar surface area (TPSA) is 64.9 Å². The summed E-state index contributed by atoms with van der Waals surface area (Å²) in [6, 6.07) is 4.12. The first-order valence-electron chi connectivity index (χ1n) is 5.55. The molecular formula is C13H13N3S. The first-order chi connectivity index (χ1) is 8.14. The van der Waals surface area contributed by atoms with Crippen molar-refractivity contribution in [1.82, 2.24) is 4.98 Å². The number of terminal acetylenes is 1. The molecule has 1 unspecified atom stereocenters. The van der Waals surface area contributed by atoms with Crippen molar-refractivity contribution in [3.8, 4) is 12.3 Å². The van der Waals surface area contributed by atoms with Gasteiger partial charge >= 0.3 is 0 Å². The summed E-state index contributed by atoms with van der Waals surface area (Å²) in [5, 5.41) is 0.586. The molecule has 0 fully saturated rings. The van der Waals surface area contributed by atoms with Crippen molar-refractivity contribution < 1.29 is 0 Å². The highest BCUT2D eigenvalue weighted by molar-refractivity contribution is 7.22. The summed E-state index contributed by atoms with van der Waals surface area (Å²) in [7, 11) is 0. The van der Waals surface area contributed by atoms with Gasteiger partial charge in [-0.15, -0.1) is 12.3 Å². The van der Waals surface area contributed by atoms with Crippen molar-refractivity contribution in [2.45, 2.75) is 24.8 Å². The van der Waals surface area contributed by atoms with Crippen molar-refractivity contribution in [3.05, 3.63) is 23.3 Å². The Labute approximate surface area is 104 Å². The fourth-order valence-corrected chi connectivity index (χ4v) is 3.65. The van der Waals surface area contributed by atoms with Crippen LogP contribution in [0.4, 0.5) is 5.13 Å². The predicted molar refractivity (Wildman–Crippen MR) is 71.7 cm³/mol. The second kappa shape index (κ2) is 3.46. The third-order valence-electron chi connectivity index (χ3n) is 3.42. The maximum absolute atomic E-state index is 6.45. The fourth-order valence-electron chi connectivity index (χ4n) is 2.65. The Bertz CT molecular complexity index is 638. The van der Waals surface area contributed by atoms with Gasteiger partial charge in [0, 0.05) is 6.42 Å². The van der Waals surface area contributed by atoms with Crippen molar-refractivity contribution in [1.29, 1.82) is 0 Å². The Morgan fingerprint density at radius 1 is 1.53 bits per heavy atom. The average Bonchev–Trinajstić information content (AvgIpc) is 2.79. The Morgan fingerprint density at radius 2 is 2.35 bits per heavy atom. The number of hydrogen-bond acceptors (Lipinski definition) is 4. The van der Waals surface area contributed by atoms with E-state index in [1.807, 2.05) is 6.07 Å². The van der Waals surface area contributed by atoms with Crippen LogP contribution in [0.25, 0.3) is 10.2 Å². The summed E-state index contributed by atoms with van der Waals surface area (Å²) >= 11 is 1.50. The number of rotatable bonds is 1. The number of thiazole rings is 1. The lowest BCUT2D eigenvalue weighted by Crippen LogP contribution is -2.33. The SMILES string of the molecule is C#CCC1(N)CCc2ccc3nc(N)sc3c21. The Balaban J connectivity index is 2.31. The molecule has 0 saturated heterocycles. The number of fused-ring (bicyclic) bond motifs is 3. The van der Waals surface area contributed by atoms with E-state index in [9.17, 15) is 0 Å². The van der Waals surface area contributed by atoms with Gasteiger partial charge in [-0.3, -0.25) is 0 Å². The van der Waals surface area contributed by atoms with Crippen molar-refractivity contribution in [2.24, 2.45) is 5.73 Å². The molecule has 3 nitrogen and oxygen atoms in total. The summed E-state index contributed by atoms with van der Waals surface area (Å²) in [5.74, 6) is 2.69. The minimum Gasteiger partial charge on any atom is -0.375 e. The molecule has 1 aromatic carbocycles. The van der Waals surface area contributed by atoms with Gasteiger partial charge in [0.1, 0.15) is 0 Å². The number of nitrogen functional groups attached to an aromatic ring is 1. The molecule has 1 aliphatic rings. The monoisotopic (exact) mass is 243 g/mol. The van der Waals surface area contributed by atoms with Gasteiger partial charge in [-0.05, 0) is 30.0 Å². The molecule has 1 atom stereocenters. The lowest BCUT2D eigenvalue weighted by molar-refractivity contribution is 0.458. The molecule has 1 heterocycles. The molecule has 0 radical (unpaired) electrons. The van der Waals surface area contributed by atoms with Gasteiger partial charge in [0.2, 0.25) is 0 Å². The highest BCUT2D eigenvalue weighted by Gasteiger charge is 2.36. The van der Waals surface area contributed by atoms with E-state index in [2.05, 4.69) is 17.0 Å². The molecule has 2 aromatic rings. The number of anilines is 1. The van der Waals surface area contributed by atoms with Gasteiger partial charge in [-0.25, -0.2) is 4.98 Å². The summed E-state index contributed by atoms with van der Waals surface area (Å²) in [5.41, 5.74) is 15.2. The zero-order valence-electron chi connectivity index (χ0n) is 9.36. The number of hydrogen-bond donors (Lipinski definition) is 2. The van der Waals surface area contributed by atoms with Crippen LogP contribution in [-0.2, 0) is 12.0 Å². The molecule has 3 rings (SSSR count). The summed E-state index contributed by atoms with van der Waals surface area (Å²) in [6.07, 6.45) is 7.89. The standard InChI is InChI=1S/C13H13N3S/c1-2-6-13(15)7-5-8-3-4-9-11(10(8)13)17-12(14)16-9/h1,3-4H,5-7,15H2,(H2,14,16). The lowest BCUT2D eigenvalue weighted by Gasteiger charge is -2.23. The van der Waals surface area contributed by atoms with Crippen molar-refractivity contribution in [3.63, 3.8) is 0 Å². The highest BCUT2D eigenvalue weighted by atomic mass is 32.1. The van der Waals surface area contributed by atoms with E-state index in [0.29, 0.717) is 11.6 Å². The molecule has 17 heavy (non-hydrogen) atoms. The van der Waals surface area contributed by atoms with E-state index in [1.165, 1.54) is 22.5 Å². The number of aromatic nitrogens is 1. The first-order valence-corrected chi connectivity index (χ1v) is 6.36. The number of aryl methyl sites for hydroxylation is 1. The molecule has 4 heteroatoms. The minimum absolute atomic E-state index is 0.400. The normalized spacial score (nSPS) is 22.6. The zero-order valence-corrected chi connectivity index (χ0v) is 10.2. The Hall–Kier alpha value is -1.57. The molecule has 1 aromatic heterocycles.